The second-order valence-corrected chi connectivity index (χ2v) is 17.2. The monoisotopic (exact) mass is 684 g/mol. The van der Waals surface area contributed by atoms with Crippen LogP contribution in [0.5, 0.6) is 0 Å². The maximum absolute atomic E-state index is 7.22. The lowest BCUT2D eigenvalue weighted by Gasteiger charge is -2.43. The number of aromatic nitrogens is 4. The van der Waals surface area contributed by atoms with Crippen LogP contribution in [0.4, 0.5) is 5.82 Å². The van der Waals surface area contributed by atoms with Crippen LogP contribution >= 0.6 is 22.6 Å². The summed E-state index contributed by atoms with van der Waals surface area (Å²) in [6.07, 6.45) is 4.07. The first-order chi connectivity index (χ1) is 19.7. The molecule has 9 nitrogen and oxygen atoms in total. The molecule has 41 heavy (non-hydrogen) atoms. The van der Waals surface area contributed by atoms with Gasteiger partial charge in [-0.2, -0.15) is 0 Å². The van der Waals surface area contributed by atoms with Crippen LogP contribution in [0.15, 0.2) is 78.3 Å². The number of methoxy groups -OCH3 is 1. The van der Waals surface area contributed by atoms with Crippen molar-refractivity contribution in [2.24, 2.45) is 4.99 Å². The minimum Gasteiger partial charge on any atom is -0.405 e. The van der Waals surface area contributed by atoms with Crippen molar-refractivity contribution in [3.63, 3.8) is 0 Å². The van der Waals surface area contributed by atoms with Gasteiger partial charge in [0.2, 0.25) is 0 Å². The number of nitrogens with zero attached hydrogens (tertiary/aromatic N) is 6. The van der Waals surface area contributed by atoms with E-state index >= 15 is 0 Å². The first-order valence-electron chi connectivity index (χ1n) is 13.6. The van der Waals surface area contributed by atoms with E-state index in [2.05, 4.69) is 124 Å². The molecule has 4 aromatic rings. The third-order valence-corrected chi connectivity index (χ3v) is 14.0. The molecule has 2 aromatic carbocycles. The molecule has 4 atom stereocenters. The molecule has 216 valence electrons. The van der Waals surface area contributed by atoms with Gasteiger partial charge in [0, 0.05) is 21.2 Å². The third kappa shape index (κ3) is 5.70. The summed E-state index contributed by atoms with van der Waals surface area (Å²) in [6, 6.07) is 21.3. The highest BCUT2D eigenvalue weighted by Gasteiger charge is 2.52. The topological polar surface area (TPSA) is 86.9 Å². The normalized spacial score (nSPS) is 21.6. The molecule has 0 N–H and O–H groups in total. The number of hydrogen-bond donors (Lipinski definition) is 0. The molecule has 1 aliphatic heterocycles. The summed E-state index contributed by atoms with van der Waals surface area (Å²) in [4.78, 5) is 19.8. The Hall–Kier alpha value is -2.71. The van der Waals surface area contributed by atoms with Crippen molar-refractivity contribution in [3.05, 3.63) is 73.3 Å². The fourth-order valence-corrected chi connectivity index (χ4v) is 11.2. The lowest BCUT2D eigenvalue weighted by atomic mass is 10.2. The number of ether oxygens (including phenoxy) is 2. The highest BCUT2D eigenvalue weighted by Crippen LogP contribution is 2.41. The van der Waals surface area contributed by atoms with Gasteiger partial charge in [0.1, 0.15) is 12.4 Å². The summed E-state index contributed by atoms with van der Waals surface area (Å²) in [5, 5.41) is 2.35. The van der Waals surface area contributed by atoms with Gasteiger partial charge in [0.25, 0.3) is 8.32 Å². The zero-order valence-electron chi connectivity index (χ0n) is 24.3. The van der Waals surface area contributed by atoms with Crippen LogP contribution in [0.1, 0.15) is 27.0 Å². The van der Waals surface area contributed by atoms with E-state index in [1.54, 1.807) is 19.8 Å². The highest BCUT2D eigenvalue weighted by molar-refractivity contribution is 14.1. The van der Waals surface area contributed by atoms with Crippen LogP contribution in [0.2, 0.25) is 5.04 Å². The second kappa shape index (κ2) is 12.3. The summed E-state index contributed by atoms with van der Waals surface area (Å²) < 4.78 is 21.9. The van der Waals surface area contributed by atoms with Crippen molar-refractivity contribution < 1.29 is 13.9 Å². The Balaban J connectivity index is 1.48. The van der Waals surface area contributed by atoms with Gasteiger partial charge in [-0.1, -0.05) is 104 Å². The summed E-state index contributed by atoms with van der Waals surface area (Å²) in [5.41, 5.74) is 1.26. The van der Waals surface area contributed by atoms with Gasteiger partial charge in [-0.25, -0.2) is 19.9 Å². The second-order valence-electron chi connectivity index (χ2n) is 11.4. The van der Waals surface area contributed by atoms with Crippen LogP contribution in [-0.4, -0.2) is 83.0 Å². The molecule has 0 saturated carbocycles. The third-order valence-electron chi connectivity index (χ3n) is 7.44. The molecule has 0 amide bonds. The molecule has 0 radical (unpaired) electrons. The number of fused-ring (bicyclic) bond motifs is 1. The number of halogens is 1. The minimum atomic E-state index is -2.72. The standard InChI is InChI=1S/C30H37IN6O3Si/c1-30(2,3)41(21-13-9-7-10-14-21,22-15-11-8-12-16-22)39-17-23-24(31)26(38-6)29(40-23)37-20-34-25-27(35-19-36(4)5)32-18-33-28(25)37/h7-16,18-20,23-24,26,29H,17H2,1-6H3/t23-,24?,26?,29-/m1/s1. The van der Waals surface area contributed by atoms with E-state index in [0.29, 0.717) is 23.6 Å². The first-order valence-corrected chi connectivity index (χ1v) is 16.8. The molecule has 1 saturated heterocycles. The van der Waals surface area contributed by atoms with Gasteiger partial charge in [-0.05, 0) is 15.4 Å². The van der Waals surface area contributed by atoms with Gasteiger partial charge in [0.15, 0.2) is 23.2 Å². The van der Waals surface area contributed by atoms with E-state index in [1.807, 2.05) is 23.6 Å². The van der Waals surface area contributed by atoms with Crippen LogP contribution in [0.3, 0.4) is 0 Å². The van der Waals surface area contributed by atoms with Crippen LogP contribution in [0, 0.1) is 0 Å². The van der Waals surface area contributed by atoms with Gasteiger partial charge >= 0.3 is 0 Å². The van der Waals surface area contributed by atoms with E-state index in [0.717, 1.165) is 0 Å². The summed E-state index contributed by atoms with van der Waals surface area (Å²) in [7, 11) is 2.82. The van der Waals surface area contributed by atoms with Crippen molar-refractivity contribution in [1.82, 2.24) is 24.4 Å². The molecule has 2 unspecified atom stereocenters. The molecule has 1 aliphatic rings. The number of imidazole rings is 1. The van der Waals surface area contributed by atoms with Crippen LogP contribution in [0.25, 0.3) is 11.2 Å². The maximum Gasteiger partial charge on any atom is 0.261 e. The Kier molecular flexibility index (Phi) is 8.90. The summed E-state index contributed by atoms with van der Waals surface area (Å²) in [5.74, 6) is 0.506. The average Bonchev–Trinajstić information content (AvgIpc) is 3.53. The van der Waals surface area contributed by atoms with Gasteiger partial charge in [-0.3, -0.25) is 4.57 Å². The highest BCUT2D eigenvalue weighted by atomic mass is 127. The number of benzene rings is 2. The fraction of sp³-hybridized carbons (Fsp3) is 0.400. The molecule has 11 heteroatoms. The van der Waals surface area contributed by atoms with E-state index in [1.165, 1.54) is 16.7 Å². The Morgan fingerprint density at radius 3 is 2.22 bits per heavy atom. The van der Waals surface area contributed by atoms with Gasteiger partial charge < -0.3 is 18.8 Å². The van der Waals surface area contributed by atoms with Crippen LogP contribution < -0.4 is 10.4 Å². The predicted octanol–water partition coefficient (Wildman–Crippen LogP) is 4.34. The first kappa shape index (κ1) is 29.8. The van der Waals surface area contributed by atoms with Crippen molar-refractivity contribution in [1.29, 1.82) is 0 Å². The number of alkyl halides is 1. The molecule has 0 spiro atoms. The summed E-state index contributed by atoms with van der Waals surface area (Å²) in [6.45, 7) is 7.28. The molecule has 3 heterocycles. The molecular formula is C30H37IN6O3Si. The smallest absolute Gasteiger partial charge is 0.261 e. The Morgan fingerprint density at radius 2 is 1.66 bits per heavy atom. The summed E-state index contributed by atoms with van der Waals surface area (Å²) >= 11 is 2.44. The lowest BCUT2D eigenvalue weighted by molar-refractivity contribution is -0.0567. The molecule has 0 bridgehead atoms. The number of aliphatic imine (C=N–C) groups is 1. The molecule has 1 fully saturated rings. The van der Waals surface area contributed by atoms with Crippen molar-refractivity contribution in [2.75, 3.05) is 27.8 Å². The Labute approximate surface area is 256 Å². The SMILES string of the molecule is COC1C(I)[C@@H](CO[Si](c2ccccc2)(c2ccccc2)C(C)(C)C)O[C@H]1n1cnc2c(N=CN(C)C)ncnc21. The van der Waals surface area contributed by atoms with Crippen molar-refractivity contribution in [2.45, 2.75) is 48.2 Å². The fourth-order valence-electron chi connectivity index (χ4n) is 5.56. The van der Waals surface area contributed by atoms with Gasteiger partial charge in [-0.15, -0.1) is 0 Å². The minimum absolute atomic E-state index is 0.0336. The number of hydrogen-bond acceptors (Lipinski definition) is 7. The van der Waals surface area contributed by atoms with E-state index in [-0.39, 0.29) is 21.2 Å². The Morgan fingerprint density at radius 1 is 1.02 bits per heavy atom. The van der Waals surface area contributed by atoms with E-state index in [4.69, 9.17) is 13.9 Å². The van der Waals surface area contributed by atoms with E-state index in [9.17, 15) is 0 Å². The van der Waals surface area contributed by atoms with Crippen LogP contribution in [-0.2, 0) is 13.9 Å². The largest absolute Gasteiger partial charge is 0.405 e. The quantitative estimate of drug-likeness (QED) is 0.0853. The zero-order valence-corrected chi connectivity index (χ0v) is 27.5. The maximum atomic E-state index is 7.22. The van der Waals surface area contributed by atoms with E-state index < -0.39 is 14.5 Å². The average molecular weight is 685 g/mol. The van der Waals surface area contributed by atoms with Crippen molar-refractivity contribution >= 4 is 64.6 Å². The number of rotatable bonds is 9. The van der Waals surface area contributed by atoms with Crippen molar-refractivity contribution in [3.8, 4) is 0 Å². The molecule has 2 aromatic heterocycles. The Bertz CT molecular complexity index is 1440. The molecular weight excluding hydrogens is 647 g/mol. The molecule has 5 rings (SSSR count). The zero-order chi connectivity index (χ0) is 29.2. The lowest BCUT2D eigenvalue weighted by Crippen LogP contribution is -2.67. The van der Waals surface area contributed by atoms with Gasteiger partial charge in [0.05, 0.1) is 29.3 Å². The predicted molar refractivity (Wildman–Crippen MR) is 173 cm³/mol. The molecule has 0 aliphatic carbocycles.